The van der Waals surface area contributed by atoms with Gasteiger partial charge in [0.2, 0.25) is 17.8 Å². The van der Waals surface area contributed by atoms with Gasteiger partial charge in [0.25, 0.3) is 0 Å². The maximum Gasteiger partial charge on any atom is 0.327 e. The van der Waals surface area contributed by atoms with E-state index in [-0.39, 0.29) is 185 Å². The molecule has 142 heavy (non-hydrogen) atoms. The van der Waals surface area contributed by atoms with Crippen molar-refractivity contribution in [2.45, 2.75) is 149 Å². The van der Waals surface area contributed by atoms with E-state index in [0.29, 0.717) is 86.7 Å². The van der Waals surface area contributed by atoms with Gasteiger partial charge < -0.3 is 135 Å². The van der Waals surface area contributed by atoms with Crippen LogP contribution in [0.3, 0.4) is 0 Å². The summed E-state index contributed by atoms with van der Waals surface area (Å²) in [5.74, 6) is 2.19. The van der Waals surface area contributed by atoms with Crippen LogP contribution in [0.5, 0.6) is 34.5 Å². The Bertz CT molecular complexity index is 4710. The minimum Gasteiger partial charge on any atom is -0.507 e. The van der Waals surface area contributed by atoms with Gasteiger partial charge in [-0.1, -0.05) is 58.9 Å². The number of aromatic nitrogens is 3. The van der Waals surface area contributed by atoms with Crippen molar-refractivity contribution in [1.82, 2.24) is 34.6 Å². The van der Waals surface area contributed by atoms with Crippen LogP contribution in [0, 0.1) is 0 Å². The molecule has 8 aromatic rings. The number of hydrogen-bond donors (Lipinski definition) is 6. The summed E-state index contributed by atoms with van der Waals surface area (Å²) in [4.78, 5) is 49.7. The highest BCUT2D eigenvalue weighted by Crippen LogP contribution is 2.47. The number of aromatic hydroxyl groups is 6. The lowest BCUT2D eigenvalue weighted by Gasteiger charge is -2.35. The molecule has 0 bridgehead atoms. The van der Waals surface area contributed by atoms with E-state index < -0.39 is 23.2 Å². The fraction of sp³-hybridized carbons (Fsp3) is 0.539. The number of urea groups is 2. The zero-order valence-electron chi connectivity index (χ0n) is 87.9. The monoisotopic (exact) mass is 2000 g/mol. The van der Waals surface area contributed by atoms with E-state index in [9.17, 15) is 40.2 Å². The first-order chi connectivity index (χ1) is 68.1. The molecule has 0 spiro atoms. The van der Waals surface area contributed by atoms with Gasteiger partial charge in [-0.3, -0.25) is 34.3 Å². The third kappa shape index (κ3) is 31.2. The first-order valence-corrected chi connectivity index (χ1v) is 45.3. The summed E-state index contributed by atoms with van der Waals surface area (Å²) < 4.78 is 115. The molecule has 40 heteroatoms. The van der Waals surface area contributed by atoms with Crippen molar-refractivity contribution in [1.29, 1.82) is 0 Å². The molecule has 1 aromatic heterocycles. The van der Waals surface area contributed by atoms with E-state index in [2.05, 4.69) is 80.8 Å². The van der Waals surface area contributed by atoms with E-state index in [4.69, 9.17) is 104 Å². The average molecular weight is 2000 g/mol. The van der Waals surface area contributed by atoms with E-state index in [1.165, 1.54) is 53.6 Å². The normalized spacial score (nSPS) is 13.6. The van der Waals surface area contributed by atoms with Gasteiger partial charge in [0, 0.05) is 234 Å². The molecule has 10 rings (SSSR count). The number of carbonyl (C=O) groups is 2. The molecule has 3 heterocycles. The Morgan fingerprint density at radius 3 is 0.613 bits per heavy atom. The largest absolute Gasteiger partial charge is 0.507 e. The molecule has 7 aromatic carbocycles. The highest BCUT2D eigenvalue weighted by atomic mass is 16.5. The summed E-state index contributed by atoms with van der Waals surface area (Å²) in [6.07, 6.45) is -1.05. The van der Waals surface area contributed by atoms with Crippen molar-refractivity contribution in [3.63, 3.8) is 0 Å². The molecule has 2 aliphatic heterocycles. The van der Waals surface area contributed by atoms with Crippen molar-refractivity contribution >= 4 is 29.9 Å². The van der Waals surface area contributed by atoms with Gasteiger partial charge in [0.05, 0.1) is 79.3 Å². The highest BCUT2D eigenvalue weighted by molar-refractivity contribution is 5.85. The summed E-state index contributed by atoms with van der Waals surface area (Å²) in [6.45, 7) is 17.9. The van der Waals surface area contributed by atoms with Crippen LogP contribution >= 0.6 is 0 Å². The molecule has 2 aliphatic rings. The van der Waals surface area contributed by atoms with Gasteiger partial charge in [-0.05, 0) is 130 Å². The molecule has 790 valence electrons. The number of phenolic OH excluding ortho intramolecular Hbond substituents is 6. The van der Waals surface area contributed by atoms with Crippen LogP contribution in [0.15, 0.2) is 97.1 Å². The molecular weight excluding hydrogens is 1850 g/mol. The molecule has 6 N–H and O–H groups in total. The number of carbonyl (C=O) groups excluding carboxylic acids is 2. The van der Waals surface area contributed by atoms with E-state index >= 15 is 0 Å². The summed E-state index contributed by atoms with van der Waals surface area (Å²) >= 11 is 0. The van der Waals surface area contributed by atoms with Crippen molar-refractivity contribution in [2.24, 2.45) is 0 Å². The van der Waals surface area contributed by atoms with Crippen LogP contribution in [0.1, 0.15) is 142 Å². The quantitative estimate of drug-likeness (QED) is 0.0152. The first kappa shape index (κ1) is 120. The van der Waals surface area contributed by atoms with Crippen molar-refractivity contribution < 1.29 is 144 Å². The van der Waals surface area contributed by atoms with Crippen LogP contribution in [0.25, 0.3) is 11.1 Å². The number of anilines is 3. The van der Waals surface area contributed by atoms with Gasteiger partial charge in [-0.15, -0.1) is 0 Å². The SMILES string of the molecule is COCN(COC)c1nc(N(COC)COC)nc(N(COC)COC)n1.COCN1C(=O)N(COC)C2C1N(COC)C(=O)N2COC.COCc1cc(-c2cc(COC)c(O)c(COC)c2)cc(COC)c1O.COCc1cc(C(C)(C)C)cc(COC)c1O.COCc1cc(C(C)(C)c2ccc(C(C)(c3cc(COC)c(O)c(COC)c3)c3cc(COC)c(O)c(COC)c3)cc2)cc(COC)c1O. The van der Waals surface area contributed by atoms with Crippen LogP contribution in [0.2, 0.25) is 0 Å². The standard InChI is InChI=1S/C41H52O9.C20H26O6.C15H30N6O6.C14H22O3.C12H22N4O6/c1-40(2,34-14-26(20-45-4)37(42)27(15-34)21-46-5)32-10-12-33(13-11-32)41(3,35-16-28(22-47-6)38(43)29(17-35)23-48-7)36-18-30(24-49-8)39(44)31(19-36)25-50-9;1-23-9-15-5-13(6-16(10-24-2)19(15)21)14-7-17(11-25-3)20(22)18(8-14)12-26-4;1-22-7-19(8-23-2)13-16-14(20(9-24-3)10-25-4)18-15(17-13)21(11-26-5)12-27-6;1-14(2,3)12-6-10(8-16-4)13(15)11(7-12)9-17-5;1-19-5-13-9-10(15(7-21-3)11(13)17)16(8-22-4)12(18)14(9)6-20-2/h10-19,42-44H,20-25H2,1-9H3;5-8,21-22H,9-12H2,1-4H3;7-12H2,1-6H3;6-7,15H,8-9H2,1-5H3;9-10H,5-8H2,1-4H3. The third-order valence-corrected chi connectivity index (χ3v) is 23.2. The zero-order valence-corrected chi connectivity index (χ0v) is 87.9. The smallest absolute Gasteiger partial charge is 0.327 e. The number of amides is 4. The second-order valence-corrected chi connectivity index (χ2v) is 34.9. The Balaban J connectivity index is 0.000000288. The molecule has 0 saturated carbocycles. The molecule has 2 saturated heterocycles. The molecule has 0 unspecified atom stereocenters. The first-order valence-electron chi connectivity index (χ1n) is 45.3. The molecule has 0 aliphatic carbocycles. The number of nitrogens with zero attached hydrogens (tertiary/aromatic N) is 10. The highest BCUT2D eigenvalue weighted by Gasteiger charge is 2.59. The predicted octanol–water partition coefficient (Wildman–Crippen LogP) is 13.1. The number of ether oxygens (including phenoxy) is 22. The number of methoxy groups -OCH3 is 22. The summed E-state index contributed by atoms with van der Waals surface area (Å²) in [5.41, 5.74) is 14.9. The maximum absolute atomic E-state index is 12.6. The Morgan fingerprint density at radius 1 is 0.246 bits per heavy atom. The molecule has 40 nitrogen and oxygen atoms in total. The van der Waals surface area contributed by atoms with E-state index in [1.54, 1.807) is 143 Å². The molecule has 2 fully saturated rings. The minimum atomic E-state index is -0.782. The maximum atomic E-state index is 12.6. The van der Waals surface area contributed by atoms with Gasteiger partial charge in [-0.2, -0.15) is 15.0 Å². The van der Waals surface area contributed by atoms with Gasteiger partial charge >= 0.3 is 12.1 Å². The Hall–Kier alpha value is -10.6. The Morgan fingerprint density at radius 2 is 0.430 bits per heavy atom. The van der Waals surface area contributed by atoms with Crippen LogP contribution < -0.4 is 14.7 Å². The van der Waals surface area contributed by atoms with Gasteiger partial charge in [0.15, 0.2) is 12.3 Å². The van der Waals surface area contributed by atoms with Crippen LogP contribution in [0.4, 0.5) is 27.4 Å². The lowest BCUT2D eigenvalue weighted by atomic mass is 9.68. The number of phenols is 6. The number of hydrogen-bond acceptors (Lipinski definition) is 36. The van der Waals surface area contributed by atoms with Crippen LogP contribution in [-0.2, 0) is 200 Å². The summed E-state index contributed by atoms with van der Waals surface area (Å²) in [5, 5.41) is 64.1. The Kier molecular flexibility index (Phi) is 50.9. The molecule has 0 atom stereocenters. The predicted molar refractivity (Wildman–Crippen MR) is 531 cm³/mol. The molecular formula is C102H152N10O30. The van der Waals surface area contributed by atoms with E-state index in [1.807, 2.05) is 72.8 Å². The zero-order chi connectivity index (χ0) is 105. The number of rotatable bonds is 53. The summed E-state index contributed by atoms with van der Waals surface area (Å²) in [7, 11) is 34.6. The van der Waals surface area contributed by atoms with Gasteiger partial charge in [-0.25, -0.2) is 9.59 Å². The second-order valence-electron chi connectivity index (χ2n) is 34.9. The van der Waals surface area contributed by atoms with Crippen LogP contribution in [-0.4, -0.2) is 313 Å². The third-order valence-electron chi connectivity index (χ3n) is 23.2. The average Bonchev–Trinajstić information content (AvgIpc) is 1.53. The fourth-order valence-corrected chi connectivity index (χ4v) is 16.3. The Labute approximate surface area is 835 Å². The second kappa shape index (κ2) is 60.2. The fourth-order valence-electron chi connectivity index (χ4n) is 16.3. The van der Waals surface area contributed by atoms with Crippen molar-refractivity contribution in [2.75, 3.05) is 238 Å². The lowest BCUT2D eigenvalue weighted by molar-refractivity contribution is -0.0135. The van der Waals surface area contributed by atoms with Crippen molar-refractivity contribution in [3.8, 4) is 45.6 Å². The summed E-state index contributed by atoms with van der Waals surface area (Å²) in [6, 6.07) is 31.3. The topological polar surface area (TPSA) is 420 Å². The number of fused-ring (bicyclic) bond motifs is 1. The lowest BCUT2D eigenvalue weighted by Crippen LogP contribution is -2.48. The molecule has 4 amide bonds. The number of benzene rings is 7. The molecule has 0 radical (unpaired) electrons. The minimum absolute atomic E-state index is 0.0404. The van der Waals surface area contributed by atoms with E-state index in [0.717, 1.165) is 50.1 Å². The van der Waals surface area contributed by atoms with Crippen molar-refractivity contribution in [3.05, 3.63) is 197 Å². The van der Waals surface area contributed by atoms with Gasteiger partial charge in [0.1, 0.15) is 102 Å².